The summed E-state index contributed by atoms with van der Waals surface area (Å²) in [5.74, 6) is 0.930. The minimum absolute atomic E-state index is 0.502. The SMILES string of the molecule is CC(C)N(Cc1ccc(C2(O)Cc3ccccc3C3=NCCN32)cc1)C(C)C. The zero-order chi connectivity index (χ0) is 19.9. The number of fused-ring (bicyclic) bond motifs is 3. The van der Waals surface area contributed by atoms with Crippen LogP contribution in [0.4, 0.5) is 0 Å². The molecule has 2 heterocycles. The van der Waals surface area contributed by atoms with Crippen molar-refractivity contribution in [3.63, 3.8) is 0 Å². The van der Waals surface area contributed by atoms with Crippen LogP contribution >= 0.6 is 0 Å². The number of hydrogen-bond donors (Lipinski definition) is 1. The van der Waals surface area contributed by atoms with Crippen LogP contribution < -0.4 is 0 Å². The van der Waals surface area contributed by atoms with Gasteiger partial charge in [0.25, 0.3) is 0 Å². The highest BCUT2D eigenvalue weighted by Crippen LogP contribution is 2.38. The largest absolute Gasteiger partial charge is 0.366 e. The molecule has 2 aromatic carbocycles. The molecule has 4 rings (SSSR count). The Kier molecular flexibility index (Phi) is 5.02. The highest BCUT2D eigenvalue weighted by Gasteiger charge is 2.44. The zero-order valence-electron chi connectivity index (χ0n) is 17.4. The van der Waals surface area contributed by atoms with Crippen LogP contribution in [-0.4, -0.2) is 45.9 Å². The molecule has 0 fully saturated rings. The van der Waals surface area contributed by atoms with Crippen molar-refractivity contribution in [2.24, 2.45) is 4.99 Å². The maximum absolute atomic E-state index is 11.7. The van der Waals surface area contributed by atoms with Crippen LogP contribution in [0.15, 0.2) is 53.5 Å². The van der Waals surface area contributed by atoms with Crippen LogP contribution in [0.5, 0.6) is 0 Å². The average Bonchev–Trinajstić information content (AvgIpc) is 3.17. The minimum atomic E-state index is -1.03. The number of hydrogen-bond acceptors (Lipinski definition) is 4. The van der Waals surface area contributed by atoms with Crippen LogP contribution in [0, 0.1) is 0 Å². The Morgan fingerprint density at radius 1 is 1.04 bits per heavy atom. The van der Waals surface area contributed by atoms with Crippen LogP contribution in [-0.2, 0) is 18.7 Å². The van der Waals surface area contributed by atoms with E-state index in [1.54, 1.807) is 0 Å². The molecular weight excluding hydrogens is 346 g/mol. The molecule has 2 aromatic rings. The quantitative estimate of drug-likeness (QED) is 0.862. The minimum Gasteiger partial charge on any atom is -0.366 e. The van der Waals surface area contributed by atoms with Gasteiger partial charge in [-0.15, -0.1) is 0 Å². The van der Waals surface area contributed by atoms with E-state index < -0.39 is 5.72 Å². The Labute approximate surface area is 168 Å². The molecule has 1 unspecified atom stereocenters. The molecule has 4 heteroatoms. The third kappa shape index (κ3) is 3.25. The first kappa shape index (κ1) is 19.2. The Morgan fingerprint density at radius 3 is 2.39 bits per heavy atom. The Morgan fingerprint density at radius 2 is 1.71 bits per heavy atom. The smallest absolute Gasteiger partial charge is 0.169 e. The van der Waals surface area contributed by atoms with E-state index in [0.29, 0.717) is 18.5 Å². The van der Waals surface area contributed by atoms with Crippen molar-refractivity contribution in [3.05, 3.63) is 70.8 Å². The van der Waals surface area contributed by atoms with Crippen LogP contribution in [0.25, 0.3) is 0 Å². The van der Waals surface area contributed by atoms with Gasteiger partial charge in [0.2, 0.25) is 0 Å². The van der Waals surface area contributed by atoms with Crippen molar-refractivity contribution in [1.82, 2.24) is 9.80 Å². The van der Waals surface area contributed by atoms with Gasteiger partial charge in [-0.05, 0) is 38.8 Å². The fourth-order valence-corrected chi connectivity index (χ4v) is 4.60. The number of aliphatic hydroxyl groups is 1. The third-order valence-corrected chi connectivity index (χ3v) is 6.09. The van der Waals surface area contributed by atoms with Crippen LogP contribution in [0.2, 0.25) is 0 Å². The number of rotatable bonds is 5. The standard InChI is InChI=1S/C24H31N3O/c1-17(2)26(18(3)4)16-19-9-11-21(12-10-19)24(28)15-20-7-5-6-8-22(20)23-25-13-14-27(23)24/h5-12,17-18,28H,13-16H2,1-4H3. The second-order valence-corrected chi connectivity index (χ2v) is 8.56. The number of benzene rings is 2. The molecule has 148 valence electrons. The van der Waals surface area contributed by atoms with E-state index in [0.717, 1.165) is 42.2 Å². The van der Waals surface area contributed by atoms with E-state index >= 15 is 0 Å². The first-order valence-electron chi connectivity index (χ1n) is 10.4. The molecule has 0 aliphatic carbocycles. The zero-order valence-corrected chi connectivity index (χ0v) is 17.4. The molecule has 1 N–H and O–H groups in total. The average molecular weight is 378 g/mol. The molecule has 28 heavy (non-hydrogen) atoms. The molecule has 0 saturated carbocycles. The molecule has 2 aliphatic heterocycles. The maximum atomic E-state index is 11.7. The van der Waals surface area contributed by atoms with Crippen molar-refractivity contribution in [3.8, 4) is 0 Å². The van der Waals surface area contributed by atoms with Crippen LogP contribution in [0.1, 0.15) is 49.9 Å². The molecule has 0 bridgehead atoms. The molecule has 1 atom stereocenters. The normalized spacial score (nSPS) is 21.3. The van der Waals surface area contributed by atoms with E-state index in [-0.39, 0.29) is 0 Å². The van der Waals surface area contributed by atoms with E-state index in [1.807, 2.05) is 12.1 Å². The van der Waals surface area contributed by atoms with Gasteiger partial charge in [0.15, 0.2) is 5.72 Å². The Hall–Kier alpha value is -2.17. The van der Waals surface area contributed by atoms with Gasteiger partial charge in [-0.1, -0.05) is 48.5 Å². The molecule has 0 radical (unpaired) electrons. The summed E-state index contributed by atoms with van der Waals surface area (Å²) in [5, 5.41) is 11.7. The van der Waals surface area contributed by atoms with Crippen molar-refractivity contribution < 1.29 is 5.11 Å². The lowest BCUT2D eigenvalue weighted by Gasteiger charge is -2.44. The van der Waals surface area contributed by atoms with E-state index in [1.165, 1.54) is 5.56 Å². The van der Waals surface area contributed by atoms with Crippen molar-refractivity contribution in [2.75, 3.05) is 13.1 Å². The van der Waals surface area contributed by atoms with Gasteiger partial charge in [0.1, 0.15) is 5.84 Å². The predicted octanol–water partition coefficient (Wildman–Crippen LogP) is 3.77. The highest BCUT2D eigenvalue weighted by atomic mass is 16.3. The Bertz CT molecular complexity index is 864. The van der Waals surface area contributed by atoms with Crippen LogP contribution in [0.3, 0.4) is 0 Å². The molecule has 0 saturated heterocycles. The monoisotopic (exact) mass is 377 g/mol. The first-order valence-corrected chi connectivity index (χ1v) is 10.4. The molecule has 0 spiro atoms. The van der Waals surface area contributed by atoms with Crippen molar-refractivity contribution >= 4 is 5.84 Å². The van der Waals surface area contributed by atoms with Gasteiger partial charge in [0, 0.05) is 42.7 Å². The van der Waals surface area contributed by atoms with Crippen molar-refractivity contribution in [2.45, 2.75) is 58.5 Å². The van der Waals surface area contributed by atoms with Gasteiger partial charge in [-0.2, -0.15) is 0 Å². The fourth-order valence-electron chi connectivity index (χ4n) is 4.60. The summed E-state index contributed by atoms with van der Waals surface area (Å²) >= 11 is 0. The summed E-state index contributed by atoms with van der Waals surface area (Å²) in [6.45, 7) is 11.4. The maximum Gasteiger partial charge on any atom is 0.169 e. The molecule has 2 aliphatic rings. The van der Waals surface area contributed by atoms with Gasteiger partial charge in [-0.3, -0.25) is 9.89 Å². The summed E-state index contributed by atoms with van der Waals surface area (Å²) in [5.41, 5.74) is 3.52. The fraction of sp³-hybridized carbons (Fsp3) is 0.458. The summed E-state index contributed by atoms with van der Waals surface area (Å²) in [7, 11) is 0. The summed E-state index contributed by atoms with van der Waals surface area (Å²) < 4.78 is 0. The summed E-state index contributed by atoms with van der Waals surface area (Å²) in [6, 6.07) is 17.8. The number of amidine groups is 1. The van der Waals surface area contributed by atoms with E-state index in [4.69, 9.17) is 4.99 Å². The van der Waals surface area contributed by atoms with Crippen molar-refractivity contribution in [1.29, 1.82) is 0 Å². The first-order chi connectivity index (χ1) is 13.4. The molecule has 0 aromatic heterocycles. The van der Waals surface area contributed by atoms with Gasteiger partial charge < -0.3 is 10.0 Å². The lowest BCUT2D eigenvalue weighted by molar-refractivity contribution is -0.0745. The molecule has 0 amide bonds. The van der Waals surface area contributed by atoms with E-state index in [9.17, 15) is 5.11 Å². The Balaban J connectivity index is 1.63. The highest BCUT2D eigenvalue weighted by molar-refractivity contribution is 6.02. The predicted molar refractivity (Wildman–Crippen MR) is 114 cm³/mol. The summed E-state index contributed by atoms with van der Waals surface area (Å²) in [6.07, 6.45) is 0.589. The second-order valence-electron chi connectivity index (χ2n) is 8.56. The molecule has 4 nitrogen and oxygen atoms in total. The number of nitrogens with zero attached hydrogens (tertiary/aromatic N) is 3. The number of aliphatic imine (C=N–C) groups is 1. The third-order valence-electron chi connectivity index (χ3n) is 6.09. The molecular formula is C24H31N3O. The van der Waals surface area contributed by atoms with E-state index in [2.05, 4.69) is 73.9 Å². The topological polar surface area (TPSA) is 39.1 Å². The summed E-state index contributed by atoms with van der Waals surface area (Å²) in [4.78, 5) is 9.25. The second kappa shape index (κ2) is 7.34. The van der Waals surface area contributed by atoms with Gasteiger partial charge >= 0.3 is 0 Å². The van der Waals surface area contributed by atoms with Gasteiger partial charge in [0.05, 0.1) is 6.54 Å². The lowest BCUT2D eigenvalue weighted by Crippen LogP contribution is -2.53. The van der Waals surface area contributed by atoms with Gasteiger partial charge in [-0.25, -0.2) is 0 Å². The lowest BCUT2D eigenvalue weighted by atomic mass is 9.86.